The first-order valence-electron chi connectivity index (χ1n) is 9.36. The van der Waals surface area contributed by atoms with E-state index in [0.717, 1.165) is 42.6 Å². The molecule has 4 bridgehead atoms. The van der Waals surface area contributed by atoms with Crippen molar-refractivity contribution in [1.29, 1.82) is 0 Å². The van der Waals surface area contributed by atoms with Crippen molar-refractivity contribution in [2.24, 2.45) is 23.2 Å². The summed E-state index contributed by atoms with van der Waals surface area (Å²) in [5, 5.41) is 0. The first-order valence-corrected chi connectivity index (χ1v) is 9.36. The van der Waals surface area contributed by atoms with Gasteiger partial charge in [0.1, 0.15) is 0 Å². The zero-order chi connectivity index (χ0) is 17.4. The van der Waals surface area contributed by atoms with Gasteiger partial charge in [-0.3, -0.25) is 4.79 Å². The number of carbonyl (C=O) groups excluding carboxylic acids is 2. The van der Waals surface area contributed by atoms with E-state index in [-0.39, 0.29) is 17.8 Å². The van der Waals surface area contributed by atoms with Crippen molar-refractivity contribution in [3.63, 3.8) is 0 Å². The van der Waals surface area contributed by atoms with E-state index >= 15 is 0 Å². The Balaban J connectivity index is 1.39. The summed E-state index contributed by atoms with van der Waals surface area (Å²) in [6, 6.07) is 7.20. The van der Waals surface area contributed by atoms with E-state index in [1.807, 2.05) is 12.1 Å². The van der Waals surface area contributed by atoms with E-state index in [2.05, 4.69) is 0 Å². The van der Waals surface area contributed by atoms with Crippen LogP contribution >= 0.6 is 0 Å². The van der Waals surface area contributed by atoms with E-state index in [0.29, 0.717) is 12.2 Å². The molecular formula is C21H26O4. The number of methoxy groups -OCH3 is 1. The lowest BCUT2D eigenvalue weighted by Crippen LogP contribution is -2.51. The predicted molar refractivity (Wildman–Crippen MR) is 93.0 cm³/mol. The van der Waals surface area contributed by atoms with Crippen LogP contribution < -0.4 is 0 Å². The molecule has 0 spiro atoms. The van der Waals surface area contributed by atoms with Gasteiger partial charge in [-0.15, -0.1) is 0 Å². The molecule has 0 unspecified atom stereocenters. The fourth-order valence-electron chi connectivity index (χ4n) is 5.77. The molecule has 5 rings (SSSR count). The third kappa shape index (κ3) is 3.24. The molecule has 4 aliphatic rings. The normalized spacial score (nSPS) is 32.6. The number of hydrogen-bond donors (Lipinski definition) is 0. The van der Waals surface area contributed by atoms with Crippen molar-refractivity contribution in [3.8, 4) is 0 Å². The highest BCUT2D eigenvalue weighted by atomic mass is 16.5. The molecule has 4 saturated carbocycles. The summed E-state index contributed by atoms with van der Waals surface area (Å²) >= 11 is 0. The predicted octanol–water partition coefficient (Wildman–Crippen LogP) is 3.78. The van der Waals surface area contributed by atoms with Crippen molar-refractivity contribution in [2.75, 3.05) is 13.7 Å². The van der Waals surface area contributed by atoms with Crippen LogP contribution in [0.15, 0.2) is 24.3 Å². The second kappa shape index (κ2) is 6.56. The molecule has 1 aromatic carbocycles. The SMILES string of the molecule is COCc1cccc(C(=O)OCC(=O)C23CC4CC(CC(C4)C2)C3)c1. The van der Waals surface area contributed by atoms with Crippen LogP contribution in [-0.2, 0) is 20.9 Å². The topological polar surface area (TPSA) is 52.6 Å². The van der Waals surface area contributed by atoms with E-state index < -0.39 is 5.97 Å². The number of esters is 1. The molecule has 0 N–H and O–H groups in total. The van der Waals surface area contributed by atoms with Gasteiger partial charge < -0.3 is 9.47 Å². The quantitative estimate of drug-likeness (QED) is 0.738. The van der Waals surface area contributed by atoms with Crippen LogP contribution in [0.3, 0.4) is 0 Å². The fourth-order valence-corrected chi connectivity index (χ4v) is 5.77. The molecule has 0 aromatic heterocycles. The Morgan fingerprint density at radius 3 is 2.32 bits per heavy atom. The summed E-state index contributed by atoms with van der Waals surface area (Å²) in [6.07, 6.45) is 6.95. The van der Waals surface area contributed by atoms with Gasteiger partial charge >= 0.3 is 5.97 Å². The standard InChI is InChI=1S/C21H26O4/c1-24-12-14-3-2-4-18(8-14)20(23)25-13-19(22)21-9-15-5-16(10-21)7-17(6-15)11-21/h2-4,8,15-17H,5-7,9-13H2,1H3. The maximum absolute atomic E-state index is 12.9. The Hall–Kier alpha value is -1.68. The molecule has 0 amide bonds. The molecule has 0 heterocycles. The number of benzene rings is 1. The maximum Gasteiger partial charge on any atom is 0.338 e. The van der Waals surface area contributed by atoms with Gasteiger partial charge in [0.2, 0.25) is 0 Å². The second-order valence-corrected chi connectivity index (χ2v) is 8.33. The Kier molecular flexibility index (Phi) is 4.40. The maximum atomic E-state index is 12.9. The smallest absolute Gasteiger partial charge is 0.338 e. The van der Waals surface area contributed by atoms with E-state index in [1.54, 1.807) is 19.2 Å². The Labute approximate surface area is 148 Å². The minimum Gasteiger partial charge on any atom is -0.454 e. The van der Waals surface area contributed by atoms with Crippen LogP contribution in [-0.4, -0.2) is 25.5 Å². The molecule has 0 radical (unpaired) electrons. The van der Waals surface area contributed by atoms with Gasteiger partial charge in [0.05, 0.1) is 12.2 Å². The van der Waals surface area contributed by atoms with Gasteiger partial charge in [0.25, 0.3) is 0 Å². The summed E-state index contributed by atoms with van der Waals surface area (Å²) in [4.78, 5) is 25.2. The zero-order valence-electron chi connectivity index (χ0n) is 14.8. The lowest BCUT2D eigenvalue weighted by Gasteiger charge is -2.55. The number of ketones is 1. The van der Waals surface area contributed by atoms with Gasteiger partial charge in [0, 0.05) is 12.5 Å². The second-order valence-electron chi connectivity index (χ2n) is 8.33. The average molecular weight is 342 g/mol. The molecule has 4 fully saturated rings. The lowest BCUT2D eigenvalue weighted by atomic mass is 9.48. The number of hydrogen-bond acceptors (Lipinski definition) is 4. The fraction of sp³-hybridized carbons (Fsp3) is 0.619. The van der Waals surface area contributed by atoms with Crippen molar-refractivity contribution < 1.29 is 19.1 Å². The van der Waals surface area contributed by atoms with Crippen LogP contribution in [0.1, 0.15) is 54.4 Å². The molecule has 0 atom stereocenters. The van der Waals surface area contributed by atoms with Crippen molar-refractivity contribution in [2.45, 2.75) is 45.1 Å². The highest BCUT2D eigenvalue weighted by molar-refractivity contribution is 5.93. The molecule has 4 heteroatoms. The number of Topliss-reactive ketones (excluding diaryl/α,β-unsaturated/α-hetero) is 1. The number of ether oxygens (including phenoxy) is 2. The number of rotatable bonds is 6. The van der Waals surface area contributed by atoms with Gasteiger partial charge in [0.15, 0.2) is 12.4 Å². The molecule has 0 aliphatic heterocycles. The lowest BCUT2D eigenvalue weighted by molar-refractivity contribution is -0.147. The summed E-state index contributed by atoms with van der Waals surface area (Å²) in [5.41, 5.74) is 1.20. The molecule has 4 nitrogen and oxygen atoms in total. The minimum absolute atomic E-state index is 0.0838. The van der Waals surface area contributed by atoms with Crippen LogP contribution in [0.5, 0.6) is 0 Å². The van der Waals surface area contributed by atoms with Gasteiger partial charge in [-0.1, -0.05) is 12.1 Å². The summed E-state index contributed by atoms with van der Waals surface area (Å²) in [5.74, 6) is 1.88. The molecule has 134 valence electrons. The Morgan fingerprint density at radius 2 is 1.72 bits per heavy atom. The third-order valence-corrected chi connectivity index (χ3v) is 6.44. The molecule has 0 saturated heterocycles. The highest BCUT2D eigenvalue weighted by Crippen LogP contribution is 2.60. The largest absolute Gasteiger partial charge is 0.454 e. The molecular weight excluding hydrogens is 316 g/mol. The van der Waals surface area contributed by atoms with Crippen molar-refractivity contribution in [1.82, 2.24) is 0 Å². The van der Waals surface area contributed by atoms with Gasteiger partial charge in [-0.05, 0) is 74.0 Å². The Bertz CT molecular complexity index is 643. The summed E-state index contributed by atoms with van der Waals surface area (Å²) in [7, 11) is 1.62. The van der Waals surface area contributed by atoms with E-state index in [4.69, 9.17) is 9.47 Å². The van der Waals surface area contributed by atoms with Crippen LogP contribution in [0.4, 0.5) is 0 Å². The van der Waals surface area contributed by atoms with Gasteiger partial charge in [-0.25, -0.2) is 4.79 Å². The summed E-state index contributed by atoms with van der Waals surface area (Å²) in [6.45, 7) is 0.368. The molecule has 25 heavy (non-hydrogen) atoms. The Morgan fingerprint density at radius 1 is 1.08 bits per heavy atom. The average Bonchev–Trinajstić information content (AvgIpc) is 2.58. The number of carbonyl (C=O) groups is 2. The van der Waals surface area contributed by atoms with Gasteiger partial charge in [-0.2, -0.15) is 0 Å². The summed E-state index contributed by atoms with van der Waals surface area (Å²) < 4.78 is 10.5. The zero-order valence-corrected chi connectivity index (χ0v) is 14.8. The third-order valence-electron chi connectivity index (χ3n) is 6.44. The van der Waals surface area contributed by atoms with Crippen LogP contribution in [0.2, 0.25) is 0 Å². The van der Waals surface area contributed by atoms with Crippen molar-refractivity contribution >= 4 is 11.8 Å². The first kappa shape index (κ1) is 16.8. The van der Waals surface area contributed by atoms with E-state index in [1.165, 1.54) is 19.3 Å². The highest BCUT2D eigenvalue weighted by Gasteiger charge is 2.54. The monoisotopic (exact) mass is 342 g/mol. The van der Waals surface area contributed by atoms with Crippen molar-refractivity contribution in [3.05, 3.63) is 35.4 Å². The van der Waals surface area contributed by atoms with E-state index in [9.17, 15) is 9.59 Å². The van der Waals surface area contributed by atoms with Crippen LogP contribution in [0.25, 0.3) is 0 Å². The van der Waals surface area contributed by atoms with Crippen LogP contribution in [0, 0.1) is 23.2 Å². The molecule has 4 aliphatic carbocycles. The first-order chi connectivity index (χ1) is 12.1. The molecule has 1 aromatic rings. The minimum atomic E-state index is -0.420.